The third kappa shape index (κ3) is 10.1. The average molecular weight is 869 g/mol. The Labute approximate surface area is 303 Å². The van der Waals surface area contributed by atoms with Crippen LogP contribution < -0.4 is 0 Å². The molecule has 1 rings (SSSR count). The molecule has 1 aromatic rings. The highest BCUT2D eigenvalue weighted by Crippen LogP contribution is 2.46. The van der Waals surface area contributed by atoms with Crippen molar-refractivity contribution in [2.45, 2.75) is 32.3 Å². The van der Waals surface area contributed by atoms with Crippen molar-refractivity contribution in [2.24, 2.45) is 10.8 Å². The van der Waals surface area contributed by atoms with E-state index in [0.29, 0.717) is 25.6 Å². The van der Waals surface area contributed by atoms with Gasteiger partial charge in [-0.3, -0.25) is 19.2 Å². The Bertz CT molecular complexity index is 1320. The maximum Gasteiger partial charge on any atom is 0.330 e. The van der Waals surface area contributed by atoms with Gasteiger partial charge in [0.05, 0.1) is 55.9 Å². The van der Waals surface area contributed by atoms with Crippen LogP contribution in [0.1, 0.15) is 29.5 Å². The van der Waals surface area contributed by atoms with Crippen LogP contribution >= 0.6 is 47.8 Å². The molecule has 0 saturated carbocycles. The summed E-state index contributed by atoms with van der Waals surface area (Å²) in [6.45, 7) is 3.76. The summed E-state index contributed by atoms with van der Waals surface area (Å²) in [5.74, 6) is -5.33. The second kappa shape index (κ2) is 20.2. The van der Waals surface area contributed by atoms with Gasteiger partial charge in [0.2, 0.25) is 0 Å². The van der Waals surface area contributed by atoms with Crippen LogP contribution in [0.3, 0.4) is 0 Å². The van der Waals surface area contributed by atoms with Gasteiger partial charge >= 0.3 is 35.8 Å². The van der Waals surface area contributed by atoms with Crippen molar-refractivity contribution >= 4 is 83.6 Å². The molecular formula is C32H37Br3O13. The lowest BCUT2D eigenvalue weighted by Gasteiger charge is -2.31. The Hall–Kier alpha value is -3.34. The average Bonchev–Trinajstić information content (AvgIpc) is 3.09. The lowest BCUT2D eigenvalue weighted by atomic mass is 9.75. The Balaban J connectivity index is 4.24. The molecule has 0 aromatic heterocycles. The Morgan fingerprint density at radius 1 is 0.583 bits per heavy atom. The van der Waals surface area contributed by atoms with Gasteiger partial charge in [0.15, 0.2) is 10.8 Å². The smallest absolute Gasteiger partial charge is 0.330 e. The maximum absolute atomic E-state index is 13.4. The molecule has 0 spiro atoms. The predicted molar refractivity (Wildman–Crippen MR) is 181 cm³/mol. The zero-order chi connectivity index (χ0) is 36.7. The van der Waals surface area contributed by atoms with Gasteiger partial charge in [-0.05, 0) is 24.0 Å². The van der Waals surface area contributed by atoms with Gasteiger partial charge in [0.1, 0.15) is 0 Å². The molecule has 0 unspecified atom stereocenters. The van der Waals surface area contributed by atoms with Crippen molar-refractivity contribution in [3.8, 4) is 0 Å². The monoisotopic (exact) mass is 866 g/mol. The van der Waals surface area contributed by atoms with Crippen molar-refractivity contribution in [1.82, 2.24) is 0 Å². The van der Waals surface area contributed by atoms with Gasteiger partial charge in [-0.2, -0.15) is 0 Å². The fourth-order valence-electron chi connectivity index (χ4n) is 4.68. The predicted octanol–water partition coefficient (Wildman–Crippen LogP) is 4.67. The molecule has 0 aliphatic heterocycles. The van der Waals surface area contributed by atoms with Crippen LogP contribution in [-0.2, 0) is 81.4 Å². The molecule has 0 bridgehead atoms. The highest BCUT2D eigenvalue weighted by atomic mass is 79.9. The van der Waals surface area contributed by atoms with E-state index in [1.54, 1.807) is 0 Å². The van der Waals surface area contributed by atoms with Crippen LogP contribution in [-0.4, -0.2) is 85.1 Å². The van der Waals surface area contributed by atoms with E-state index in [2.05, 4.69) is 63.8 Å². The molecule has 0 radical (unpaired) electrons. The summed E-state index contributed by atoms with van der Waals surface area (Å²) in [7, 11) is 6.72. The fraction of sp³-hybridized carbons (Fsp3) is 0.438. The lowest BCUT2D eigenvalue weighted by molar-refractivity contribution is -0.170. The number of hydrogen-bond donors (Lipinski definition) is 0. The number of halogens is 3. The summed E-state index contributed by atoms with van der Waals surface area (Å²) in [6, 6.07) is 0. The minimum atomic E-state index is -2.03. The summed E-state index contributed by atoms with van der Waals surface area (Å²) in [5.41, 5.74) is -2.99. The molecule has 0 amide bonds. The van der Waals surface area contributed by atoms with Gasteiger partial charge in [-0.1, -0.05) is 66.0 Å². The van der Waals surface area contributed by atoms with E-state index in [-0.39, 0.29) is 43.4 Å². The number of rotatable bonds is 18. The Morgan fingerprint density at radius 3 is 1.21 bits per heavy atom. The molecule has 0 N–H and O–H groups in total. The highest BCUT2D eigenvalue weighted by Gasteiger charge is 2.51. The van der Waals surface area contributed by atoms with Crippen molar-refractivity contribution in [3.63, 3.8) is 0 Å². The SMILES string of the molecule is C=CCOCc1c(Br)c(CC(C/C=C/C(=O)OC)(C(=O)OC)C(=O)OC)c(Br)c(CC(C/C=C/C(=O)OC)(C(=O)OC)C(=O)OC)c1Br. The standard InChI is InChI=1S/C32H37Br3O13/c1-8-15-48-18-21-25(34)19(16-31(27(38)44-4,28(39)45-5)13-9-11-22(36)42-2)24(33)20(26(21)35)17-32(29(40)46-6,30(41)47-7)14-10-12-23(37)43-3/h8-12H,1,13-18H2,2-7H3/b11-9+,12-10+. The number of methoxy groups -OCH3 is 6. The first kappa shape index (κ1) is 42.7. The van der Waals surface area contributed by atoms with Crippen molar-refractivity contribution in [2.75, 3.05) is 49.3 Å². The van der Waals surface area contributed by atoms with Gasteiger partial charge in [-0.25, -0.2) is 9.59 Å². The normalized spacial score (nSPS) is 11.6. The quantitative estimate of drug-likeness (QED) is 0.0500. The zero-order valence-electron chi connectivity index (χ0n) is 27.3. The minimum absolute atomic E-state index is 0.0438. The highest BCUT2D eigenvalue weighted by molar-refractivity contribution is 9.11. The van der Waals surface area contributed by atoms with E-state index < -0.39 is 46.6 Å². The van der Waals surface area contributed by atoms with Crippen LogP contribution in [0.15, 0.2) is 50.4 Å². The van der Waals surface area contributed by atoms with Crippen LogP contribution in [0.4, 0.5) is 0 Å². The number of allylic oxidation sites excluding steroid dienone is 2. The van der Waals surface area contributed by atoms with Crippen molar-refractivity contribution in [1.29, 1.82) is 0 Å². The van der Waals surface area contributed by atoms with Crippen LogP contribution in [0, 0.1) is 10.8 Å². The van der Waals surface area contributed by atoms with E-state index in [0.717, 1.165) is 40.6 Å². The second-order valence-electron chi connectivity index (χ2n) is 9.92. The molecular weight excluding hydrogens is 832 g/mol. The summed E-state index contributed by atoms with van der Waals surface area (Å²) in [5, 5.41) is 0. The van der Waals surface area contributed by atoms with Gasteiger partial charge in [0, 0.05) is 44.0 Å². The first-order chi connectivity index (χ1) is 22.7. The summed E-state index contributed by atoms with van der Waals surface area (Å²) < 4.78 is 36.2. The molecule has 0 heterocycles. The topological polar surface area (TPSA) is 167 Å². The molecule has 16 heteroatoms. The molecule has 0 saturated heterocycles. The van der Waals surface area contributed by atoms with E-state index >= 15 is 0 Å². The van der Waals surface area contributed by atoms with E-state index in [1.807, 2.05) is 0 Å². The molecule has 264 valence electrons. The van der Waals surface area contributed by atoms with Crippen molar-refractivity contribution in [3.05, 3.63) is 67.1 Å². The number of esters is 6. The molecule has 1 aromatic carbocycles. The van der Waals surface area contributed by atoms with Gasteiger partial charge < -0.3 is 33.2 Å². The Kier molecular flexibility index (Phi) is 18.0. The second-order valence-corrected chi connectivity index (χ2v) is 12.3. The molecule has 0 aliphatic carbocycles. The molecule has 0 aliphatic rings. The zero-order valence-corrected chi connectivity index (χ0v) is 32.0. The maximum atomic E-state index is 13.4. The number of hydrogen-bond acceptors (Lipinski definition) is 13. The summed E-state index contributed by atoms with van der Waals surface area (Å²) in [6.07, 6.45) is 4.75. The van der Waals surface area contributed by atoms with Crippen molar-refractivity contribution < 1.29 is 61.9 Å². The van der Waals surface area contributed by atoms with E-state index in [1.165, 1.54) is 32.4 Å². The molecule has 0 fully saturated rings. The van der Waals surface area contributed by atoms with E-state index in [9.17, 15) is 28.8 Å². The van der Waals surface area contributed by atoms with E-state index in [4.69, 9.17) is 23.7 Å². The third-order valence-electron chi connectivity index (χ3n) is 7.18. The molecule has 13 nitrogen and oxygen atoms in total. The molecule has 0 atom stereocenters. The first-order valence-electron chi connectivity index (χ1n) is 13.9. The minimum Gasteiger partial charge on any atom is -0.468 e. The number of carbonyl (C=O) groups is 6. The largest absolute Gasteiger partial charge is 0.468 e. The van der Waals surface area contributed by atoms with Gasteiger partial charge in [-0.15, -0.1) is 6.58 Å². The summed E-state index contributed by atoms with van der Waals surface area (Å²) >= 11 is 10.8. The summed E-state index contributed by atoms with van der Waals surface area (Å²) in [4.78, 5) is 77.3. The third-order valence-corrected chi connectivity index (χ3v) is 10.0. The number of benzene rings is 1. The van der Waals surface area contributed by atoms with Crippen LogP contribution in [0.5, 0.6) is 0 Å². The number of ether oxygens (including phenoxy) is 7. The number of carbonyl (C=O) groups excluding carboxylic acids is 6. The van der Waals surface area contributed by atoms with Crippen LogP contribution in [0.2, 0.25) is 0 Å². The lowest BCUT2D eigenvalue weighted by Crippen LogP contribution is -2.44. The van der Waals surface area contributed by atoms with Crippen LogP contribution in [0.25, 0.3) is 0 Å². The fourth-order valence-corrected chi connectivity index (χ4v) is 7.46. The Morgan fingerprint density at radius 2 is 0.917 bits per heavy atom. The first-order valence-corrected chi connectivity index (χ1v) is 16.3. The molecule has 48 heavy (non-hydrogen) atoms. The van der Waals surface area contributed by atoms with Gasteiger partial charge in [0.25, 0.3) is 0 Å².